The number of aromatic nitrogens is 3. The van der Waals surface area contributed by atoms with Crippen molar-refractivity contribution in [1.82, 2.24) is 15.0 Å². The summed E-state index contributed by atoms with van der Waals surface area (Å²) in [6.07, 6.45) is 0. The number of nitrogens with zero attached hydrogens (tertiary/aromatic N) is 4. The number of halogens is 1. The molecule has 0 radical (unpaired) electrons. The summed E-state index contributed by atoms with van der Waals surface area (Å²) >= 11 is 7.26. The zero-order chi connectivity index (χ0) is 12.1. The van der Waals surface area contributed by atoms with Crippen molar-refractivity contribution in [1.29, 1.82) is 0 Å². The van der Waals surface area contributed by atoms with Crippen LogP contribution in [0.2, 0.25) is 5.28 Å². The molecule has 0 aliphatic rings. The molecule has 0 bridgehead atoms. The van der Waals surface area contributed by atoms with Crippen LogP contribution in [-0.4, -0.2) is 46.5 Å². The molecule has 1 rings (SSSR count). The Kier molecular flexibility index (Phi) is 5.24. The van der Waals surface area contributed by atoms with Crippen LogP contribution in [0.1, 0.15) is 6.92 Å². The molecule has 1 unspecified atom stereocenters. The molecule has 0 aliphatic heterocycles. The fourth-order valence-electron chi connectivity index (χ4n) is 0.856. The molecule has 0 amide bonds. The first kappa shape index (κ1) is 13.5. The van der Waals surface area contributed by atoms with Crippen LogP contribution in [0.5, 0.6) is 0 Å². The minimum absolute atomic E-state index is 0.159. The summed E-state index contributed by atoms with van der Waals surface area (Å²) in [6, 6.07) is 0. The van der Waals surface area contributed by atoms with E-state index in [0.29, 0.717) is 11.1 Å². The molecule has 0 aliphatic carbocycles. The molecule has 7 heteroatoms. The molecule has 1 heterocycles. The van der Waals surface area contributed by atoms with Crippen molar-refractivity contribution in [3.05, 3.63) is 5.28 Å². The quantitative estimate of drug-likeness (QED) is 0.808. The summed E-state index contributed by atoms with van der Waals surface area (Å²) in [5, 5.41) is 9.69. The van der Waals surface area contributed by atoms with Crippen LogP contribution in [0.25, 0.3) is 0 Å². The summed E-state index contributed by atoms with van der Waals surface area (Å²) in [6.45, 7) is 2.12. The Morgan fingerprint density at radius 1 is 1.38 bits per heavy atom. The third-order valence-corrected chi connectivity index (χ3v) is 3.13. The van der Waals surface area contributed by atoms with E-state index in [0.717, 1.165) is 5.75 Å². The van der Waals surface area contributed by atoms with Gasteiger partial charge in [-0.1, -0.05) is 18.7 Å². The first-order chi connectivity index (χ1) is 7.52. The van der Waals surface area contributed by atoms with Gasteiger partial charge in [0.15, 0.2) is 5.16 Å². The van der Waals surface area contributed by atoms with Crippen LogP contribution in [-0.2, 0) is 0 Å². The van der Waals surface area contributed by atoms with Gasteiger partial charge < -0.3 is 10.0 Å². The highest BCUT2D eigenvalue weighted by Gasteiger charge is 2.08. The van der Waals surface area contributed by atoms with E-state index in [1.54, 1.807) is 4.90 Å². The lowest BCUT2D eigenvalue weighted by Crippen LogP contribution is -2.14. The monoisotopic (exact) mass is 262 g/mol. The lowest BCUT2D eigenvalue weighted by atomic mass is 10.2. The molecule has 16 heavy (non-hydrogen) atoms. The van der Waals surface area contributed by atoms with E-state index in [2.05, 4.69) is 15.0 Å². The molecule has 0 aromatic carbocycles. The van der Waals surface area contributed by atoms with E-state index in [4.69, 9.17) is 16.7 Å². The third kappa shape index (κ3) is 4.11. The second-order valence-electron chi connectivity index (χ2n) is 3.68. The molecular weight excluding hydrogens is 248 g/mol. The maximum Gasteiger partial charge on any atom is 0.230 e. The highest BCUT2D eigenvalue weighted by atomic mass is 35.5. The average Bonchev–Trinajstić information content (AvgIpc) is 2.25. The van der Waals surface area contributed by atoms with E-state index < -0.39 is 0 Å². The molecule has 0 saturated carbocycles. The fourth-order valence-corrected chi connectivity index (χ4v) is 1.90. The first-order valence-corrected chi connectivity index (χ1v) is 6.22. The summed E-state index contributed by atoms with van der Waals surface area (Å²) in [5.41, 5.74) is 0. The second-order valence-corrected chi connectivity index (χ2v) is 5.01. The topological polar surface area (TPSA) is 62.1 Å². The highest BCUT2D eigenvalue weighted by Crippen LogP contribution is 2.19. The molecule has 90 valence electrons. The third-order valence-electron chi connectivity index (χ3n) is 1.78. The van der Waals surface area contributed by atoms with Crippen molar-refractivity contribution >= 4 is 29.3 Å². The van der Waals surface area contributed by atoms with Crippen LogP contribution in [0.15, 0.2) is 5.16 Å². The standard InChI is InChI=1S/C9H15ClN4OS/c1-6(4-15)5-16-9-12-7(10)11-8(13-9)14(2)3/h6,15H,4-5H2,1-3H3. The molecule has 0 fully saturated rings. The average molecular weight is 263 g/mol. The lowest BCUT2D eigenvalue weighted by Gasteiger charge is -2.11. The zero-order valence-electron chi connectivity index (χ0n) is 9.51. The van der Waals surface area contributed by atoms with Gasteiger partial charge in [0, 0.05) is 26.5 Å². The summed E-state index contributed by atoms with van der Waals surface area (Å²) in [7, 11) is 3.69. The molecule has 1 atom stereocenters. The minimum Gasteiger partial charge on any atom is -0.396 e. The largest absolute Gasteiger partial charge is 0.396 e. The molecule has 5 nitrogen and oxygen atoms in total. The molecule has 1 aromatic heterocycles. The Labute approximate surface area is 104 Å². The van der Waals surface area contributed by atoms with E-state index in [1.165, 1.54) is 11.8 Å². The van der Waals surface area contributed by atoms with Crippen LogP contribution < -0.4 is 4.90 Å². The van der Waals surface area contributed by atoms with Crippen LogP contribution in [0.4, 0.5) is 5.95 Å². The van der Waals surface area contributed by atoms with Crippen molar-refractivity contribution in [2.75, 3.05) is 31.4 Å². The van der Waals surface area contributed by atoms with Gasteiger partial charge in [0.25, 0.3) is 0 Å². The van der Waals surface area contributed by atoms with E-state index in [9.17, 15) is 0 Å². The zero-order valence-corrected chi connectivity index (χ0v) is 11.1. The van der Waals surface area contributed by atoms with Crippen molar-refractivity contribution < 1.29 is 5.11 Å². The summed E-state index contributed by atoms with van der Waals surface area (Å²) in [4.78, 5) is 14.0. The highest BCUT2D eigenvalue weighted by molar-refractivity contribution is 7.99. The van der Waals surface area contributed by atoms with Gasteiger partial charge >= 0.3 is 0 Å². The maximum atomic E-state index is 8.91. The Hall–Kier alpha value is -0.590. The SMILES string of the molecule is CC(CO)CSc1nc(Cl)nc(N(C)C)n1. The summed E-state index contributed by atoms with van der Waals surface area (Å²) in [5.74, 6) is 1.51. The predicted octanol–water partition coefficient (Wildman–Crippen LogP) is 1.31. The first-order valence-electron chi connectivity index (χ1n) is 4.85. The number of hydrogen-bond acceptors (Lipinski definition) is 6. The van der Waals surface area contributed by atoms with Gasteiger partial charge in [-0.3, -0.25) is 0 Å². The molecule has 1 N–H and O–H groups in total. The van der Waals surface area contributed by atoms with Gasteiger partial charge in [0.1, 0.15) is 0 Å². The molecule has 1 aromatic rings. The van der Waals surface area contributed by atoms with Crippen molar-refractivity contribution in [2.45, 2.75) is 12.1 Å². The van der Waals surface area contributed by atoms with Crippen LogP contribution >= 0.6 is 23.4 Å². The smallest absolute Gasteiger partial charge is 0.230 e. The molecule has 0 spiro atoms. The Morgan fingerprint density at radius 2 is 2.06 bits per heavy atom. The number of hydrogen-bond donors (Lipinski definition) is 1. The number of anilines is 1. The maximum absolute atomic E-state index is 8.91. The number of aliphatic hydroxyl groups excluding tert-OH is 1. The Morgan fingerprint density at radius 3 is 2.62 bits per heavy atom. The lowest BCUT2D eigenvalue weighted by molar-refractivity contribution is 0.250. The Balaban J connectivity index is 2.72. The minimum atomic E-state index is 0.159. The van der Waals surface area contributed by atoms with Gasteiger partial charge in [-0.15, -0.1) is 0 Å². The predicted molar refractivity (Wildman–Crippen MR) is 66.1 cm³/mol. The van der Waals surface area contributed by atoms with Crippen molar-refractivity contribution in [3.63, 3.8) is 0 Å². The number of thioether (sulfide) groups is 1. The van der Waals surface area contributed by atoms with Gasteiger partial charge in [0.2, 0.25) is 11.2 Å². The normalized spacial score (nSPS) is 12.6. The second kappa shape index (κ2) is 6.22. The van der Waals surface area contributed by atoms with E-state index in [1.807, 2.05) is 21.0 Å². The van der Waals surface area contributed by atoms with E-state index in [-0.39, 0.29) is 17.8 Å². The van der Waals surface area contributed by atoms with Gasteiger partial charge in [0.05, 0.1) is 0 Å². The number of rotatable bonds is 5. The van der Waals surface area contributed by atoms with Crippen molar-refractivity contribution in [3.8, 4) is 0 Å². The molecule has 0 saturated heterocycles. The van der Waals surface area contributed by atoms with Gasteiger partial charge in [-0.25, -0.2) is 0 Å². The van der Waals surface area contributed by atoms with Gasteiger partial charge in [-0.05, 0) is 17.5 Å². The fraction of sp³-hybridized carbons (Fsp3) is 0.667. The number of aliphatic hydroxyl groups is 1. The van der Waals surface area contributed by atoms with Crippen molar-refractivity contribution in [2.24, 2.45) is 5.92 Å². The van der Waals surface area contributed by atoms with Gasteiger partial charge in [-0.2, -0.15) is 15.0 Å². The van der Waals surface area contributed by atoms with E-state index >= 15 is 0 Å². The summed E-state index contributed by atoms with van der Waals surface area (Å²) < 4.78 is 0. The molecular formula is C9H15ClN4OS. The van der Waals surface area contributed by atoms with Crippen LogP contribution in [0, 0.1) is 5.92 Å². The van der Waals surface area contributed by atoms with Crippen LogP contribution in [0.3, 0.4) is 0 Å². The Bertz CT molecular complexity index is 350.